The molecule has 0 saturated carbocycles. The van der Waals surface area contributed by atoms with Gasteiger partial charge in [0, 0.05) is 72.9 Å². The Morgan fingerprint density at radius 1 is 0.333 bits per heavy atom. The smallest absolute Gasteiger partial charge is 0.234 e. The highest BCUT2D eigenvalue weighted by molar-refractivity contribution is 6.14. The van der Waals surface area contributed by atoms with E-state index in [1.165, 1.54) is 54.4 Å². The van der Waals surface area contributed by atoms with E-state index >= 15 is 0 Å². The van der Waals surface area contributed by atoms with Crippen LogP contribution in [0.3, 0.4) is 0 Å². The third-order valence-electron chi connectivity index (χ3n) is 12.3. The Hall–Kier alpha value is -8.22. The van der Waals surface area contributed by atoms with Gasteiger partial charge in [-0.15, -0.1) is 0 Å². The van der Waals surface area contributed by atoms with Crippen molar-refractivity contribution in [1.29, 1.82) is 0 Å². The fourth-order valence-electron chi connectivity index (χ4n) is 9.69. The maximum Gasteiger partial charge on any atom is 0.234 e. The van der Waals surface area contributed by atoms with E-state index in [0.29, 0.717) is 5.78 Å². The number of rotatable bonds is 5. The second kappa shape index (κ2) is 12.6. The molecular weight excluding hydrogens is 733 g/mol. The number of hydrogen-bond acceptors (Lipinski definition) is 2. The summed E-state index contributed by atoms with van der Waals surface area (Å²) in [6.07, 6.45) is 3.84. The molecule has 280 valence electrons. The molecule has 0 bridgehead atoms. The van der Waals surface area contributed by atoms with Crippen molar-refractivity contribution in [2.24, 2.45) is 0 Å². The van der Waals surface area contributed by atoms with E-state index in [1.54, 1.807) is 6.20 Å². The standard InChI is InChI=1S/C54H34N6/c1-2-13-35(14-3-1)52-53(57-32-12-31-55-54(57)56-52)36-23-25-37(26-24-36)58-50-29-27-38(59-46-19-8-4-15-40(46)41-16-5-9-20-47(41)59)33-44(50)45-34-39(28-30-51(45)58)60-48-21-10-6-17-42(48)43-18-7-11-22-49(43)60/h1-34H. The Kier molecular flexibility index (Phi) is 6.91. The molecule has 6 nitrogen and oxygen atoms in total. The first-order valence-electron chi connectivity index (χ1n) is 20.3. The maximum atomic E-state index is 4.99. The second-order valence-corrected chi connectivity index (χ2v) is 15.5. The number of benzene rings is 8. The van der Waals surface area contributed by atoms with Crippen molar-refractivity contribution < 1.29 is 0 Å². The third-order valence-corrected chi connectivity index (χ3v) is 12.3. The molecule has 0 amide bonds. The van der Waals surface area contributed by atoms with E-state index in [0.717, 1.165) is 50.6 Å². The summed E-state index contributed by atoms with van der Waals surface area (Å²) in [7, 11) is 0. The summed E-state index contributed by atoms with van der Waals surface area (Å²) < 4.78 is 9.32. The van der Waals surface area contributed by atoms with Crippen LogP contribution in [0.15, 0.2) is 207 Å². The molecule has 8 aromatic carbocycles. The molecule has 0 aliphatic heterocycles. The number of imidazole rings is 1. The molecule has 0 fully saturated rings. The highest BCUT2D eigenvalue weighted by Crippen LogP contribution is 2.40. The van der Waals surface area contributed by atoms with E-state index in [9.17, 15) is 0 Å². The van der Waals surface area contributed by atoms with Crippen LogP contribution in [0.2, 0.25) is 0 Å². The lowest BCUT2D eigenvalue weighted by atomic mass is 10.0. The first kappa shape index (κ1) is 32.8. The highest BCUT2D eigenvalue weighted by Gasteiger charge is 2.20. The maximum absolute atomic E-state index is 4.99. The van der Waals surface area contributed by atoms with Crippen LogP contribution in [-0.2, 0) is 0 Å². The summed E-state index contributed by atoms with van der Waals surface area (Å²) in [4.78, 5) is 9.59. The summed E-state index contributed by atoms with van der Waals surface area (Å²) in [6.45, 7) is 0. The largest absolute Gasteiger partial charge is 0.309 e. The number of para-hydroxylation sites is 4. The fraction of sp³-hybridized carbons (Fsp3) is 0. The summed E-state index contributed by atoms with van der Waals surface area (Å²) in [5.74, 6) is 0.677. The van der Waals surface area contributed by atoms with Gasteiger partial charge in [-0.3, -0.25) is 4.40 Å². The van der Waals surface area contributed by atoms with Crippen LogP contribution in [0.25, 0.3) is 111 Å². The lowest BCUT2D eigenvalue weighted by Gasteiger charge is -2.12. The van der Waals surface area contributed by atoms with Crippen LogP contribution in [0.4, 0.5) is 0 Å². The number of hydrogen-bond donors (Lipinski definition) is 0. The molecule has 0 spiro atoms. The number of nitrogens with zero attached hydrogens (tertiary/aromatic N) is 6. The zero-order chi connectivity index (χ0) is 39.3. The molecule has 5 heterocycles. The first-order valence-corrected chi connectivity index (χ1v) is 20.3. The van der Waals surface area contributed by atoms with Gasteiger partial charge < -0.3 is 13.7 Å². The summed E-state index contributed by atoms with van der Waals surface area (Å²) >= 11 is 0. The lowest BCUT2D eigenvalue weighted by molar-refractivity contribution is 1.11. The molecule has 0 aliphatic carbocycles. The fourth-order valence-corrected chi connectivity index (χ4v) is 9.69. The Balaban J connectivity index is 1.05. The average molecular weight is 767 g/mol. The van der Waals surface area contributed by atoms with Crippen LogP contribution in [0.1, 0.15) is 0 Å². The van der Waals surface area contributed by atoms with Crippen molar-refractivity contribution in [3.05, 3.63) is 207 Å². The molecule has 0 atom stereocenters. The third kappa shape index (κ3) is 4.70. The van der Waals surface area contributed by atoms with Crippen molar-refractivity contribution in [2.45, 2.75) is 0 Å². The summed E-state index contributed by atoms with van der Waals surface area (Å²) in [5.41, 5.74) is 14.5. The van der Waals surface area contributed by atoms with Gasteiger partial charge in [0.1, 0.15) is 0 Å². The topological polar surface area (TPSA) is 45.0 Å². The predicted molar refractivity (Wildman–Crippen MR) is 247 cm³/mol. The molecule has 0 aliphatic rings. The number of aromatic nitrogens is 6. The van der Waals surface area contributed by atoms with E-state index in [-0.39, 0.29) is 0 Å². The van der Waals surface area contributed by atoms with Gasteiger partial charge in [0.25, 0.3) is 0 Å². The van der Waals surface area contributed by atoms with Crippen molar-refractivity contribution >= 4 is 71.2 Å². The number of fused-ring (bicyclic) bond motifs is 10. The molecule has 0 radical (unpaired) electrons. The second-order valence-electron chi connectivity index (χ2n) is 15.5. The first-order chi connectivity index (χ1) is 29.8. The van der Waals surface area contributed by atoms with Crippen molar-refractivity contribution in [3.63, 3.8) is 0 Å². The Morgan fingerprint density at radius 2 is 0.767 bits per heavy atom. The Morgan fingerprint density at radius 3 is 1.28 bits per heavy atom. The predicted octanol–water partition coefficient (Wildman–Crippen LogP) is 13.4. The van der Waals surface area contributed by atoms with E-state index < -0.39 is 0 Å². The zero-order valence-electron chi connectivity index (χ0n) is 32.3. The van der Waals surface area contributed by atoms with Gasteiger partial charge in [0.05, 0.1) is 44.5 Å². The molecular formula is C54H34N6. The van der Waals surface area contributed by atoms with Gasteiger partial charge >= 0.3 is 0 Å². The quantitative estimate of drug-likeness (QED) is 0.175. The lowest BCUT2D eigenvalue weighted by Crippen LogP contribution is -1.97. The molecule has 0 unspecified atom stereocenters. The Labute approximate surface area is 344 Å². The molecule has 13 aromatic rings. The highest BCUT2D eigenvalue weighted by atomic mass is 15.1. The molecule has 0 N–H and O–H groups in total. The van der Waals surface area contributed by atoms with Crippen molar-refractivity contribution in [1.82, 2.24) is 28.1 Å². The van der Waals surface area contributed by atoms with Crippen molar-refractivity contribution in [3.8, 4) is 39.6 Å². The van der Waals surface area contributed by atoms with E-state index in [4.69, 9.17) is 4.98 Å². The van der Waals surface area contributed by atoms with E-state index in [1.807, 2.05) is 18.3 Å². The van der Waals surface area contributed by atoms with Gasteiger partial charge in [0.15, 0.2) is 0 Å². The van der Waals surface area contributed by atoms with Gasteiger partial charge in [-0.1, -0.05) is 115 Å². The zero-order valence-corrected chi connectivity index (χ0v) is 32.3. The van der Waals surface area contributed by atoms with Gasteiger partial charge in [-0.25, -0.2) is 9.97 Å². The Bertz CT molecular complexity index is 3550. The average Bonchev–Trinajstić information content (AvgIpc) is 4.06. The molecule has 60 heavy (non-hydrogen) atoms. The van der Waals surface area contributed by atoms with Crippen LogP contribution >= 0.6 is 0 Å². The SMILES string of the molecule is c1ccc(-c2nc3ncccn3c2-c2ccc(-n3c4ccc(-n5c6ccccc6c6ccccc65)cc4c4cc(-n5c6ccccc6c6ccccc65)ccc43)cc2)cc1. The van der Waals surface area contributed by atoms with E-state index in [2.05, 4.69) is 205 Å². The monoisotopic (exact) mass is 766 g/mol. The van der Waals surface area contributed by atoms with Crippen LogP contribution in [0.5, 0.6) is 0 Å². The molecule has 6 heteroatoms. The van der Waals surface area contributed by atoms with Gasteiger partial charge in [-0.05, 0) is 78.9 Å². The van der Waals surface area contributed by atoms with Crippen LogP contribution < -0.4 is 0 Å². The minimum absolute atomic E-state index is 0.677. The minimum atomic E-state index is 0.677. The molecule has 0 saturated heterocycles. The molecule has 13 rings (SSSR count). The summed E-state index contributed by atoms with van der Waals surface area (Å²) in [6, 6.07) is 70.0. The summed E-state index contributed by atoms with van der Waals surface area (Å²) in [5, 5.41) is 7.39. The van der Waals surface area contributed by atoms with Gasteiger partial charge in [0.2, 0.25) is 5.78 Å². The van der Waals surface area contributed by atoms with Gasteiger partial charge in [-0.2, -0.15) is 0 Å². The van der Waals surface area contributed by atoms with Crippen LogP contribution in [-0.4, -0.2) is 28.1 Å². The normalized spacial score (nSPS) is 12.0. The van der Waals surface area contributed by atoms with Crippen molar-refractivity contribution in [2.75, 3.05) is 0 Å². The minimum Gasteiger partial charge on any atom is -0.309 e. The van der Waals surface area contributed by atoms with Crippen LogP contribution in [0, 0.1) is 0 Å². The molecule has 5 aromatic heterocycles.